The van der Waals surface area contributed by atoms with Gasteiger partial charge < -0.3 is 14.5 Å². The number of nitrogens with one attached hydrogen (secondary N) is 1. The van der Waals surface area contributed by atoms with E-state index >= 15 is 0 Å². The van der Waals surface area contributed by atoms with E-state index in [1.807, 2.05) is 13.0 Å². The van der Waals surface area contributed by atoms with Crippen molar-refractivity contribution in [2.45, 2.75) is 74.1 Å². The van der Waals surface area contributed by atoms with Gasteiger partial charge in [0.1, 0.15) is 11.3 Å². The minimum absolute atomic E-state index is 0.470. The SMILES string of the molecule is CC(C)(C)C(C)(C)C1CCC1.CCc1nc2c(OC)c(OC)c(C)cc2[nH]1. The van der Waals surface area contributed by atoms with Crippen LogP contribution in [-0.4, -0.2) is 24.2 Å². The highest BCUT2D eigenvalue weighted by Crippen LogP contribution is 2.51. The first-order chi connectivity index (χ1) is 12.6. The van der Waals surface area contributed by atoms with Crippen LogP contribution in [0.15, 0.2) is 6.07 Å². The molecule has 27 heavy (non-hydrogen) atoms. The number of ether oxygens (including phenoxy) is 2. The molecule has 0 saturated heterocycles. The molecule has 0 spiro atoms. The standard InChI is InChI=1S/C12H16N2O2.C11H22/c1-5-9-13-8-6-7(2)11(15-3)12(16-4)10(8)14-9;1-10(2,3)11(4,5)9-7-6-8-9/h6H,5H2,1-4H3,(H,13,14);9H,6-8H2,1-5H3. The van der Waals surface area contributed by atoms with Crippen molar-refractivity contribution < 1.29 is 9.47 Å². The van der Waals surface area contributed by atoms with Crippen LogP contribution in [0.3, 0.4) is 0 Å². The minimum Gasteiger partial charge on any atom is -0.492 e. The van der Waals surface area contributed by atoms with Crippen molar-refractivity contribution in [2.24, 2.45) is 16.7 Å². The Balaban J connectivity index is 0.000000208. The monoisotopic (exact) mass is 374 g/mol. The summed E-state index contributed by atoms with van der Waals surface area (Å²) in [4.78, 5) is 7.76. The summed E-state index contributed by atoms with van der Waals surface area (Å²) in [5, 5.41) is 0. The van der Waals surface area contributed by atoms with Gasteiger partial charge in [0.05, 0.1) is 19.7 Å². The Morgan fingerprint density at radius 3 is 2.04 bits per heavy atom. The van der Waals surface area contributed by atoms with Gasteiger partial charge in [0, 0.05) is 6.42 Å². The molecule has 1 aromatic heterocycles. The molecular weight excluding hydrogens is 336 g/mol. The molecule has 4 heteroatoms. The highest BCUT2D eigenvalue weighted by atomic mass is 16.5. The predicted molar refractivity (Wildman–Crippen MR) is 114 cm³/mol. The van der Waals surface area contributed by atoms with Gasteiger partial charge in [-0.3, -0.25) is 0 Å². The third-order valence-electron chi connectivity index (χ3n) is 6.72. The number of aromatic nitrogens is 2. The second kappa shape index (κ2) is 8.12. The van der Waals surface area contributed by atoms with Crippen LogP contribution in [0.2, 0.25) is 0 Å². The molecule has 1 saturated carbocycles. The summed E-state index contributed by atoms with van der Waals surface area (Å²) < 4.78 is 10.7. The number of rotatable bonds is 4. The zero-order chi connectivity index (χ0) is 20.4. The zero-order valence-electron chi connectivity index (χ0n) is 18.7. The quantitative estimate of drug-likeness (QED) is 0.682. The Hall–Kier alpha value is -1.71. The number of H-pyrrole nitrogens is 1. The fraction of sp³-hybridized carbons (Fsp3) is 0.696. The summed E-state index contributed by atoms with van der Waals surface area (Å²) in [6, 6.07) is 2.03. The molecule has 1 aliphatic carbocycles. The summed E-state index contributed by atoms with van der Waals surface area (Å²) in [6.45, 7) is 16.0. The maximum absolute atomic E-state index is 5.38. The Kier molecular flexibility index (Phi) is 6.49. The van der Waals surface area contributed by atoms with Gasteiger partial charge in [0.15, 0.2) is 11.5 Å². The van der Waals surface area contributed by atoms with Crippen LogP contribution in [0.25, 0.3) is 11.0 Å². The Morgan fingerprint density at radius 2 is 1.67 bits per heavy atom. The fourth-order valence-electron chi connectivity index (χ4n) is 3.64. The highest BCUT2D eigenvalue weighted by Gasteiger charge is 2.42. The van der Waals surface area contributed by atoms with Crippen molar-refractivity contribution in [3.63, 3.8) is 0 Å². The number of nitrogens with zero attached hydrogens (tertiary/aromatic N) is 1. The zero-order valence-corrected chi connectivity index (χ0v) is 18.7. The van der Waals surface area contributed by atoms with Crippen molar-refractivity contribution in [1.82, 2.24) is 9.97 Å². The Labute approximate surface area is 165 Å². The fourth-order valence-corrected chi connectivity index (χ4v) is 3.64. The van der Waals surface area contributed by atoms with Gasteiger partial charge in [-0.25, -0.2) is 4.98 Å². The van der Waals surface area contributed by atoms with Gasteiger partial charge >= 0.3 is 0 Å². The van der Waals surface area contributed by atoms with Crippen LogP contribution in [0.4, 0.5) is 0 Å². The predicted octanol–water partition coefficient (Wildman–Crippen LogP) is 6.31. The average molecular weight is 375 g/mol. The smallest absolute Gasteiger partial charge is 0.189 e. The Bertz CT molecular complexity index is 765. The van der Waals surface area contributed by atoms with Crippen LogP contribution in [0, 0.1) is 23.7 Å². The van der Waals surface area contributed by atoms with E-state index in [0.717, 1.165) is 40.5 Å². The van der Waals surface area contributed by atoms with Crippen LogP contribution in [0.5, 0.6) is 11.5 Å². The molecule has 0 unspecified atom stereocenters. The van der Waals surface area contributed by atoms with Crippen molar-refractivity contribution in [2.75, 3.05) is 14.2 Å². The molecule has 0 radical (unpaired) electrons. The number of aryl methyl sites for hydroxylation is 2. The topological polar surface area (TPSA) is 47.1 Å². The number of hydrogen-bond donors (Lipinski definition) is 1. The number of imidazole rings is 1. The lowest BCUT2D eigenvalue weighted by Gasteiger charge is -2.49. The largest absolute Gasteiger partial charge is 0.492 e. The second-order valence-corrected chi connectivity index (χ2v) is 9.29. The number of aromatic amines is 1. The third-order valence-corrected chi connectivity index (χ3v) is 6.72. The van der Waals surface area contributed by atoms with Gasteiger partial charge in [-0.1, -0.05) is 48.0 Å². The maximum atomic E-state index is 5.38. The van der Waals surface area contributed by atoms with Gasteiger partial charge in [0.2, 0.25) is 0 Å². The van der Waals surface area contributed by atoms with Crippen LogP contribution in [0.1, 0.15) is 72.2 Å². The van der Waals surface area contributed by atoms with E-state index in [1.165, 1.54) is 19.3 Å². The summed E-state index contributed by atoms with van der Waals surface area (Å²) in [6.07, 6.45) is 5.26. The van der Waals surface area contributed by atoms with Gasteiger partial charge in [-0.05, 0) is 48.1 Å². The molecule has 4 nitrogen and oxygen atoms in total. The number of benzene rings is 1. The lowest BCUT2D eigenvalue weighted by molar-refractivity contribution is 0.00989. The molecule has 0 bridgehead atoms. The Morgan fingerprint density at radius 1 is 1.07 bits per heavy atom. The molecule has 1 N–H and O–H groups in total. The first-order valence-corrected chi connectivity index (χ1v) is 10.2. The molecule has 0 amide bonds. The van der Waals surface area contributed by atoms with Crippen LogP contribution < -0.4 is 9.47 Å². The number of methoxy groups -OCH3 is 2. The molecule has 0 aliphatic heterocycles. The van der Waals surface area contributed by atoms with E-state index in [2.05, 4.69) is 51.5 Å². The van der Waals surface area contributed by atoms with E-state index in [9.17, 15) is 0 Å². The minimum atomic E-state index is 0.470. The third kappa shape index (κ3) is 4.25. The summed E-state index contributed by atoms with van der Waals surface area (Å²) >= 11 is 0. The van der Waals surface area contributed by atoms with Crippen LogP contribution in [-0.2, 0) is 6.42 Å². The van der Waals surface area contributed by atoms with E-state index in [-0.39, 0.29) is 0 Å². The second-order valence-electron chi connectivity index (χ2n) is 9.29. The van der Waals surface area contributed by atoms with Crippen molar-refractivity contribution in [3.8, 4) is 11.5 Å². The molecule has 1 fully saturated rings. The average Bonchev–Trinajstić information content (AvgIpc) is 2.93. The summed E-state index contributed by atoms with van der Waals surface area (Å²) in [5.41, 5.74) is 3.87. The van der Waals surface area contributed by atoms with E-state index < -0.39 is 0 Å². The molecule has 152 valence electrons. The molecule has 1 heterocycles. The molecule has 3 rings (SSSR count). The first-order valence-electron chi connectivity index (χ1n) is 10.2. The van der Waals surface area contributed by atoms with Crippen molar-refractivity contribution in [1.29, 1.82) is 0 Å². The van der Waals surface area contributed by atoms with Gasteiger partial charge in [-0.2, -0.15) is 0 Å². The molecule has 1 aromatic carbocycles. The number of fused-ring (bicyclic) bond motifs is 1. The van der Waals surface area contributed by atoms with Crippen LogP contribution >= 0.6 is 0 Å². The van der Waals surface area contributed by atoms with Crippen molar-refractivity contribution in [3.05, 3.63) is 17.5 Å². The van der Waals surface area contributed by atoms with E-state index in [4.69, 9.17) is 9.47 Å². The highest BCUT2D eigenvalue weighted by molar-refractivity contribution is 5.86. The molecular formula is C23H38N2O2. The lowest BCUT2D eigenvalue weighted by atomic mass is 9.56. The maximum Gasteiger partial charge on any atom is 0.189 e. The summed E-state index contributed by atoms with van der Waals surface area (Å²) in [7, 11) is 3.28. The lowest BCUT2D eigenvalue weighted by Crippen LogP contribution is -2.40. The van der Waals surface area contributed by atoms with Gasteiger partial charge in [-0.15, -0.1) is 0 Å². The van der Waals surface area contributed by atoms with Gasteiger partial charge in [0.25, 0.3) is 0 Å². The first kappa shape index (κ1) is 21.6. The van der Waals surface area contributed by atoms with E-state index in [1.54, 1.807) is 14.2 Å². The molecule has 2 aromatic rings. The summed E-state index contributed by atoms with van der Waals surface area (Å²) in [5.74, 6) is 3.40. The number of hydrogen-bond acceptors (Lipinski definition) is 3. The normalized spacial score (nSPS) is 15.1. The molecule has 0 atom stereocenters. The van der Waals surface area contributed by atoms with Crippen molar-refractivity contribution >= 4 is 11.0 Å². The van der Waals surface area contributed by atoms with E-state index in [0.29, 0.717) is 16.6 Å². The molecule has 1 aliphatic rings.